The molecule has 0 spiro atoms. The normalized spacial score (nSPS) is 19.9. The summed E-state index contributed by atoms with van der Waals surface area (Å²) in [4.78, 5) is 9.51. The minimum atomic E-state index is 0. The third-order valence-electron chi connectivity index (χ3n) is 4.76. The van der Waals surface area contributed by atoms with E-state index in [1.54, 1.807) is 0 Å². The summed E-state index contributed by atoms with van der Waals surface area (Å²) in [5, 5.41) is 6.82. The van der Waals surface area contributed by atoms with E-state index in [9.17, 15) is 0 Å². The van der Waals surface area contributed by atoms with Crippen LogP contribution in [0.25, 0.3) is 0 Å². The predicted molar refractivity (Wildman–Crippen MR) is 125 cm³/mol. The van der Waals surface area contributed by atoms with E-state index in [1.165, 1.54) is 0 Å². The van der Waals surface area contributed by atoms with Gasteiger partial charge in [0.1, 0.15) is 11.9 Å². The molecule has 2 N–H and O–H groups in total. The molecule has 27 heavy (non-hydrogen) atoms. The lowest BCUT2D eigenvalue weighted by molar-refractivity contribution is 0.116. The minimum absolute atomic E-state index is 0. The average molecular weight is 489 g/mol. The molecule has 1 aliphatic rings. The van der Waals surface area contributed by atoms with Crippen LogP contribution in [0.4, 0.5) is 0 Å². The van der Waals surface area contributed by atoms with E-state index in [0.717, 1.165) is 50.0 Å². The van der Waals surface area contributed by atoms with Crippen LogP contribution in [0.1, 0.15) is 19.4 Å². The van der Waals surface area contributed by atoms with Crippen LogP contribution < -0.4 is 15.4 Å². The number of aliphatic imine (C=N–C) groups is 1. The van der Waals surface area contributed by atoms with Crippen LogP contribution in [0, 0.1) is 6.92 Å². The first kappa shape index (κ1) is 24.0. The topological polar surface area (TPSA) is 52.1 Å². The highest BCUT2D eigenvalue weighted by atomic mass is 127. The van der Waals surface area contributed by atoms with E-state index in [4.69, 9.17) is 9.73 Å². The van der Waals surface area contributed by atoms with Crippen molar-refractivity contribution in [2.75, 3.05) is 53.4 Å². The molecule has 1 heterocycles. The second-order valence-electron chi connectivity index (χ2n) is 7.19. The van der Waals surface area contributed by atoms with Crippen molar-refractivity contribution in [2.24, 2.45) is 4.99 Å². The number of nitrogens with one attached hydrogen (secondary N) is 2. The summed E-state index contributed by atoms with van der Waals surface area (Å²) < 4.78 is 6.02. The Labute approximate surface area is 181 Å². The Morgan fingerprint density at radius 2 is 2.00 bits per heavy atom. The zero-order chi connectivity index (χ0) is 18.9. The van der Waals surface area contributed by atoms with Crippen LogP contribution >= 0.6 is 24.0 Å². The molecule has 0 aromatic heterocycles. The van der Waals surface area contributed by atoms with E-state index in [0.29, 0.717) is 12.6 Å². The molecule has 2 rings (SSSR count). The van der Waals surface area contributed by atoms with Crippen molar-refractivity contribution in [3.8, 4) is 5.75 Å². The van der Waals surface area contributed by atoms with Crippen molar-refractivity contribution in [2.45, 2.75) is 32.9 Å². The average Bonchev–Trinajstić information content (AvgIpc) is 2.62. The Hall–Kier alpha value is -1.06. The van der Waals surface area contributed by atoms with Gasteiger partial charge in [0.2, 0.25) is 0 Å². The van der Waals surface area contributed by atoms with E-state index < -0.39 is 0 Å². The van der Waals surface area contributed by atoms with Crippen LogP contribution in [-0.2, 0) is 0 Å². The number of guanidine groups is 1. The van der Waals surface area contributed by atoms with Crippen LogP contribution in [0.15, 0.2) is 29.3 Å². The monoisotopic (exact) mass is 489 g/mol. The molecular formula is C20H36IN5O. The molecule has 2 atom stereocenters. The lowest BCUT2D eigenvalue weighted by Crippen LogP contribution is -2.55. The zero-order valence-electron chi connectivity index (χ0n) is 17.4. The first-order chi connectivity index (χ1) is 12.5. The number of para-hydroxylation sites is 1. The highest BCUT2D eigenvalue weighted by Crippen LogP contribution is 2.17. The quantitative estimate of drug-likeness (QED) is 0.350. The molecule has 1 fully saturated rings. The van der Waals surface area contributed by atoms with E-state index in [2.05, 4.69) is 61.4 Å². The molecule has 1 aliphatic heterocycles. The number of halogens is 1. The molecule has 0 bridgehead atoms. The van der Waals surface area contributed by atoms with Gasteiger partial charge in [-0.05, 0) is 46.5 Å². The molecule has 154 valence electrons. The van der Waals surface area contributed by atoms with Crippen molar-refractivity contribution >= 4 is 29.9 Å². The fraction of sp³-hybridized carbons (Fsp3) is 0.650. The maximum absolute atomic E-state index is 6.02. The highest BCUT2D eigenvalue weighted by Gasteiger charge is 2.22. The fourth-order valence-electron chi connectivity index (χ4n) is 3.04. The summed E-state index contributed by atoms with van der Waals surface area (Å²) in [5.74, 6) is 1.79. The molecule has 0 aliphatic carbocycles. The second kappa shape index (κ2) is 12.4. The van der Waals surface area contributed by atoms with Crippen LogP contribution in [-0.4, -0.2) is 81.3 Å². The maximum atomic E-state index is 6.02. The van der Waals surface area contributed by atoms with Gasteiger partial charge in [-0.3, -0.25) is 4.90 Å². The summed E-state index contributed by atoms with van der Waals surface area (Å²) in [6, 6.07) is 8.60. The van der Waals surface area contributed by atoms with Gasteiger partial charge in [0.15, 0.2) is 5.96 Å². The predicted octanol–water partition coefficient (Wildman–Crippen LogP) is 2.18. The molecule has 0 radical (unpaired) electrons. The van der Waals surface area contributed by atoms with Crippen LogP contribution in [0.5, 0.6) is 5.75 Å². The van der Waals surface area contributed by atoms with Gasteiger partial charge in [-0.15, -0.1) is 24.0 Å². The van der Waals surface area contributed by atoms with E-state index >= 15 is 0 Å². The van der Waals surface area contributed by atoms with Gasteiger partial charge in [0.05, 0.1) is 6.54 Å². The Bertz CT molecular complexity index is 583. The smallest absolute Gasteiger partial charge is 0.191 e. The van der Waals surface area contributed by atoms with Crippen LogP contribution in [0.2, 0.25) is 0 Å². The van der Waals surface area contributed by atoms with Crippen molar-refractivity contribution in [1.29, 1.82) is 0 Å². The summed E-state index contributed by atoms with van der Waals surface area (Å²) in [6.45, 7) is 11.9. The number of hydrogen-bond donors (Lipinski definition) is 2. The summed E-state index contributed by atoms with van der Waals surface area (Å²) in [6.07, 6.45) is 0.0232. The minimum Gasteiger partial charge on any atom is -0.489 e. The summed E-state index contributed by atoms with van der Waals surface area (Å²) in [5.41, 5.74) is 1.15. The Morgan fingerprint density at radius 3 is 2.70 bits per heavy atom. The molecule has 1 aromatic rings. The van der Waals surface area contributed by atoms with Gasteiger partial charge >= 0.3 is 0 Å². The SMILES string of the molecule is CCNC(=NCC(C)Oc1ccccc1C)NCC1CN(C)CCN1C.I. The van der Waals surface area contributed by atoms with Crippen LogP contribution in [0.3, 0.4) is 0 Å². The molecular weight excluding hydrogens is 453 g/mol. The van der Waals surface area contributed by atoms with E-state index in [-0.39, 0.29) is 30.1 Å². The van der Waals surface area contributed by atoms with Gasteiger partial charge in [-0.1, -0.05) is 18.2 Å². The molecule has 7 heteroatoms. The highest BCUT2D eigenvalue weighted by molar-refractivity contribution is 14.0. The molecule has 0 amide bonds. The molecule has 1 aromatic carbocycles. The van der Waals surface area contributed by atoms with Gasteiger partial charge in [-0.2, -0.15) is 0 Å². The third kappa shape index (κ3) is 8.23. The standard InChI is InChI=1S/C20H35N5O.HI/c1-6-21-20(23-14-18-15-24(4)11-12-25(18)5)22-13-17(3)26-19-10-8-7-9-16(19)2;/h7-10,17-18H,6,11-15H2,1-5H3,(H2,21,22,23);1H. The summed E-state index contributed by atoms with van der Waals surface area (Å²) in [7, 11) is 4.38. The van der Waals surface area contributed by atoms with Crippen molar-refractivity contribution in [3.63, 3.8) is 0 Å². The molecule has 1 saturated heterocycles. The number of aryl methyl sites for hydroxylation is 1. The molecule has 6 nitrogen and oxygen atoms in total. The largest absolute Gasteiger partial charge is 0.489 e. The number of nitrogens with zero attached hydrogens (tertiary/aromatic N) is 3. The van der Waals surface area contributed by atoms with Gasteiger partial charge in [-0.25, -0.2) is 4.99 Å². The first-order valence-electron chi connectivity index (χ1n) is 9.62. The Balaban J connectivity index is 0.00000364. The Morgan fingerprint density at radius 1 is 1.26 bits per heavy atom. The van der Waals surface area contributed by atoms with Crippen molar-refractivity contribution in [1.82, 2.24) is 20.4 Å². The lowest BCUT2D eigenvalue weighted by Gasteiger charge is -2.37. The number of ether oxygens (including phenoxy) is 1. The first-order valence-corrected chi connectivity index (χ1v) is 9.62. The third-order valence-corrected chi connectivity index (χ3v) is 4.76. The van der Waals surface area contributed by atoms with E-state index in [1.807, 2.05) is 18.2 Å². The molecule has 0 saturated carbocycles. The Kier molecular flexibility index (Phi) is 11.0. The number of hydrogen-bond acceptors (Lipinski definition) is 4. The van der Waals surface area contributed by atoms with Gasteiger partial charge < -0.3 is 20.3 Å². The maximum Gasteiger partial charge on any atom is 0.191 e. The summed E-state index contributed by atoms with van der Waals surface area (Å²) >= 11 is 0. The number of benzene rings is 1. The van der Waals surface area contributed by atoms with Crippen molar-refractivity contribution in [3.05, 3.63) is 29.8 Å². The number of rotatable bonds is 7. The fourth-order valence-corrected chi connectivity index (χ4v) is 3.04. The van der Waals surface area contributed by atoms with Gasteiger partial charge in [0, 0.05) is 38.8 Å². The zero-order valence-corrected chi connectivity index (χ0v) is 19.7. The number of piperazine rings is 1. The molecule has 2 unspecified atom stereocenters. The second-order valence-corrected chi connectivity index (χ2v) is 7.19. The number of likely N-dealkylation sites (N-methyl/N-ethyl adjacent to an activating group) is 2. The lowest BCUT2D eigenvalue weighted by atomic mass is 10.2. The van der Waals surface area contributed by atoms with Gasteiger partial charge in [0.25, 0.3) is 0 Å². The van der Waals surface area contributed by atoms with Crippen molar-refractivity contribution < 1.29 is 4.74 Å².